The molecule has 0 aliphatic heterocycles. The van der Waals surface area contributed by atoms with Crippen LogP contribution in [0.3, 0.4) is 0 Å². The fourth-order valence-corrected chi connectivity index (χ4v) is 2.97. The van der Waals surface area contributed by atoms with Gasteiger partial charge in [-0.1, -0.05) is 37.4 Å². The fourth-order valence-electron chi connectivity index (χ4n) is 2.97. The lowest BCUT2D eigenvalue weighted by Crippen LogP contribution is -2.02. The highest BCUT2D eigenvalue weighted by molar-refractivity contribution is 6.07. The summed E-state index contributed by atoms with van der Waals surface area (Å²) in [5.74, 6) is 0. The molecule has 0 atom stereocenters. The molecule has 0 spiro atoms. The third kappa shape index (κ3) is 1.30. The normalized spacial score (nSPS) is 14.5. The average Bonchev–Trinajstić information content (AvgIpc) is 2.27. The molecule has 0 saturated heterocycles. The molecule has 2 aromatic carbocycles. The summed E-state index contributed by atoms with van der Waals surface area (Å²) in [5, 5.41) is 2.65. The van der Waals surface area contributed by atoms with Crippen molar-refractivity contribution in [2.75, 3.05) is 0 Å². The maximum atomic E-state index is 4.22. The van der Waals surface area contributed by atoms with E-state index in [1.807, 2.05) is 0 Å². The van der Waals surface area contributed by atoms with E-state index in [4.69, 9.17) is 0 Å². The Morgan fingerprint density at radius 1 is 0.824 bits per heavy atom. The summed E-state index contributed by atoms with van der Waals surface area (Å²) in [6.07, 6.45) is 0.901. The molecule has 0 heteroatoms. The molecule has 2 aromatic rings. The van der Waals surface area contributed by atoms with Crippen LogP contribution >= 0.6 is 0 Å². The van der Waals surface area contributed by atoms with E-state index in [1.165, 1.54) is 44.2 Å². The zero-order valence-electron chi connectivity index (χ0n) is 10.4. The predicted octanol–water partition coefficient (Wildman–Crippen LogP) is 4.89. The fraction of sp³-hybridized carbons (Fsp3) is 0.176. The van der Waals surface area contributed by atoms with Crippen molar-refractivity contribution >= 4 is 21.9 Å². The van der Waals surface area contributed by atoms with E-state index in [0.717, 1.165) is 6.42 Å². The van der Waals surface area contributed by atoms with Gasteiger partial charge >= 0.3 is 0 Å². The third-order valence-corrected chi connectivity index (χ3v) is 3.74. The average molecular weight is 220 g/mol. The molecule has 3 rings (SSSR count). The highest BCUT2D eigenvalue weighted by Gasteiger charge is 2.20. The Hall–Kier alpha value is -1.82. The van der Waals surface area contributed by atoms with E-state index in [0.29, 0.717) is 0 Å². The molecule has 0 aromatic heterocycles. The van der Waals surface area contributed by atoms with Crippen LogP contribution in [-0.4, -0.2) is 0 Å². The van der Waals surface area contributed by atoms with Crippen LogP contribution < -0.4 is 0 Å². The van der Waals surface area contributed by atoms with Gasteiger partial charge in [-0.05, 0) is 64.4 Å². The van der Waals surface area contributed by atoms with Crippen molar-refractivity contribution in [3.63, 3.8) is 0 Å². The summed E-state index contributed by atoms with van der Waals surface area (Å²) in [4.78, 5) is 0. The van der Waals surface area contributed by atoms with E-state index in [1.54, 1.807) is 0 Å². The van der Waals surface area contributed by atoms with Gasteiger partial charge in [0.25, 0.3) is 0 Å². The van der Waals surface area contributed by atoms with Gasteiger partial charge in [-0.15, -0.1) is 0 Å². The zero-order valence-corrected chi connectivity index (χ0v) is 10.4. The van der Waals surface area contributed by atoms with Gasteiger partial charge in [0.1, 0.15) is 0 Å². The molecule has 0 nitrogen and oxygen atoms in total. The van der Waals surface area contributed by atoms with Crippen LogP contribution in [-0.2, 0) is 0 Å². The maximum absolute atomic E-state index is 4.22. The first kappa shape index (κ1) is 10.3. The largest absolute Gasteiger partial charge is 0.0949 e. The van der Waals surface area contributed by atoms with Crippen LogP contribution in [0.4, 0.5) is 0 Å². The molecular formula is C17H16. The van der Waals surface area contributed by atoms with Gasteiger partial charge < -0.3 is 0 Å². The van der Waals surface area contributed by atoms with E-state index in [-0.39, 0.29) is 0 Å². The third-order valence-electron chi connectivity index (χ3n) is 3.74. The Morgan fingerprint density at radius 2 is 1.29 bits per heavy atom. The highest BCUT2D eigenvalue weighted by Crippen LogP contribution is 2.43. The molecule has 17 heavy (non-hydrogen) atoms. The standard InChI is InChI=1S/C17H16/c1-10-5-7-14-8-6-11(2)16-13(4)9-12(3)15(10)17(14)16/h5-8H,3-4,9H2,1-2H3. The van der Waals surface area contributed by atoms with E-state index in [9.17, 15) is 0 Å². The first-order valence-corrected chi connectivity index (χ1v) is 5.99. The summed E-state index contributed by atoms with van der Waals surface area (Å²) >= 11 is 0. The Bertz CT molecular complexity index is 617. The smallest absolute Gasteiger partial charge is 0.00250 e. The van der Waals surface area contributed by atoms with Crippen LogP contribution in [0.1, 0.15) is 28.7 Å². The van der Waals surface area contributed by atoms with Crippen LogP contribution in [0.15, 0.2) is 37.4 Å². The quantitative estimate of drug-likeness (QED) is 0.593. The molecular weight excluding hydrogens is 204 g/mol. The van der Waals surface area contributed by atoms with Crippen LogP contribution in [0, 0.1) is 13.8 Å². The second-order valence-corrected chi connectivity index (χ2v) is 5.00. The van der Waals surface area contributed by atoms with Crippen molar-refractivity contribution in [2.45, 2.75) is 20.3 Å². The Morgan fingerprint density at radius 3 is 1.76 bits per heavy atom. The molecule has 0 unspecified atom stereocenters. The molecule has 0 saturated carbocycles. The van der Waals surface area contributed by atoms with Crippen LogP contribution in [0.25, 0.3) is 21.9 Å². The SMILES string of the molecule is C=C1CC(=C)c2c(C)ccc3ccc(C)c1c23. The molecule has 0 fully saturated rings. The number of benzene rings is 2. The zero-order chi connectivity index (χ0) is 12.2. The number of rotatable bonds is 0. The first-order valence-electron chi connectivity index (χ1n) is 5.99. The second-order valence-electron chi connectivity index (χ2n) is 5.00. The minimum atomic E-state index is 0.901. The first-order chi connectivity index (χ1) is 8.09. The number of hydrogen-bond acceptors (Lipinski definition) is 0. The minimum Gasteiger partial charge on any atom is -0.0949 e. The summed E-state index contributed by atoms with van der Waals surface area (Å²) in [6, 6.07) is 8.78. The predicted molar refractivity (Wildman–Crippen MR) is 76.1 cm³/mol. The molecule has 0 bridgehead atoms. The van der Waals surface area contributed by atoms with Gasteiger partial charge in [0.05, 0.1) is 0 Å². The van der Waals surface area contributed by atoms with Crippen molar-refractivity contribution in [1.82, 2.24) is 0 Å². The topological polar surface area (TPSA) is 0 Å². The molecule has 0 heterocycles. The van der Waals surface area contributed by atoms with Crippen molar-refractivity contribution < 1.29 is 0 Å². The molecule has 0 N–H and O–H groups in total. The number of allylic oxidation sites excluding steroid dienone is 2. The lowest BCUT2D eigenvalue weighted by atomic mass is 9.79. The molecule has 1 aliphatic carbocycles. The van der Waals surface area contributed by atoms with Gasteiger partial charge in [-0.3, -0.25) is 0 Å². The van der Waals surface area contributed by atoms with Gasteiger partial charge in [-0.25, -0.2) is 0 Å². The van der Waals surface area contributed by atoms with E-state index >= 15 is 0 Å². The van der Waals surface area contributed by atoms with Gasteiger partial charge in [0, 0.05) is 0 Å². The van der Waals surface area contributed by atoms with Crippen LogP contribution in [0.5, 0.6) is 0 Å². The summed E-state index contributed by atoms with van der Waals surface area (Å²) in [7, 11) is 0. The number of aryl methyl sites for hydroxylation is 2. The van der Waals surface area contributed by atoms with E-state index < -0.39 is 0 Å². The highest BCUT2D eigenvalue weighted by atomic mass is 14.2. The minimum absolute atomic E-state index is 0.901. The van der Waals surface area contributed by atoms with Gasteiger partial charge in [-0.2, -0.15) is 0 Å². The second kappa shape index (κ2) is 3.33. The van der Waals surface area contributed by atoms with Crippen LogP contribution in [0.2, 0.25) is 0 Å². The van der Waals surface area contributed by atoms with Gasteiger partial charge in [0.2, 0.25) is 0 Å². The molecule has 0 radical (unpaired) electrons. The Balaban J connectivity index is 2.61. The maximum Gasteiger partial charge on any atom is -0.00250 e. The van der Waals surface area contributed by atoms with E-state index in [2.05, 4.69) is 51.3 Å². The monoisotopic (exact) mass is 220 g/mol. The van der Waals surface area contributed by atoms with Gasteiger partial charge in [0.15, 0.2) is 0 Å². The molecule has 0 amide bonds. The molecule has 1 aliphatic rings. The Kier molecular flexibility index (Phi) is 2.03. The summed E-state index contributed by atoms with van der Waals surface area (Å²) < 4.78 is 0. The van der Waals surface area contributed by atoms with Crippen molar-refractivity contribution in [1.29, 1.82) is 0 Å². The summed E-state index contributed by atoms with van der Waals surface area (Å²) in [5.41, 5.74) is 7.73. The molecule has 84 valence electrons. The lowest BCUT2D eigenvalue weighted by Gasteiger charge is -2.24. The number of hydrogen-bond donors (Lipinski definition) is 0. The lowest BCUT2D eigenvalue weighted by molar-refractivity contribution is 1.31. The summed E-state index contributed by atoms with van der Waals surface area (Å²) in [6.45, 7) is 12.8. The van der Waals surface area contributed by atoms with Crippen molar-refractivity contribution in [2.24, 2.45) is 0 Å². The van der Waals surface area contributed by atoms with Crippen molar-refractivity contribution in [3.8, 4) is 0 Å². The Labute approximate surface area is 102 Å². The van der Waals surface area contributed by atoms with Crippen molar-refractivity contribution in [3.05, 3.63) is 59.7 Å².